The Balaban J connectivity index is 1.92. The van der Waals surface area contributed by atoms with Gasteiger partial charge in [0.25, 0.3) is 0 Å². The molecule has 21 heavy (non-hydrogen) atoms. The Morgan fingerprint density at radius 3 is 2.62 bits per heavy atom. The van der Waals surface area contributed by atoms with Gasteiger partial charge in [0.2, 0.25) is 0 Å². The standard InChI is InChI=1S/C16H24ClN3O/c1-2-18-16(20-14-5-3-4-6-14)19-11-15(21)12-7-9-13(17)10-8-12/h7-10,14-15,21H,2-6,11H2,1H3,(H2,18,19,20). The Labute approximate surface area is 131 Å². The van der Waals surface area contributed by atoms with Crippen molar-refractivity contribution in [3.05, 3.63) is 34.9 Å². The molecule has 2 rings (SSSR count). The van der Waals surface area contributed by atoms with E-state index in [1.165, 1.54) is 25.7 Å². The second-order valence-electron chi connectivity index (χ2n) is 5.41. The Hall–Kier alpha value is -1.26. The van der Waals surface area contributed by atoms with Gasteiger partial charge < -0.3 is 15.7 Å². The van der Waals surface area contributed by atoms with E-state index in [-0.39, 0.29) is 0 Å². The number of benzene rings is 1. The first kappa shape index (κ1) is 16.1. The number of hydrogen-bond donors (Lipinski definition) is 3. The maximum atomic E-state index is 10.2. The van der Waals surface area contributed by atoms with E-state index < -0.39 is 6.10 Å². The van der Waals surface area contributed by atoms with Crippen molar-refractivity contribution in [1.82, 2.24) is 10.6 Å². The van der Waals surface area contributed by atoms with Gasteiger partial charge in [0, 0.05) is 17.6 Å². The van der Waals surface area contributed by atoms with Crippen molar-refractivity contribution in [3.8, 4) is 0 Å². The predicted molar refractivity (Wildman–Crippen MR) is 87.8 cm³/mol. The Morgan fingerprint density at radius 2 is 2.00 bits per heavy atom. The van der Waals surface area contributed by atoms with Crippen molar-refractivity contribution >= 4 is 17.6 Å². The van der Waals surface area contributed by atoms with Crippen LogP contribution in [0.5, 0.6) is 0 Å². The van der Waals surface area contributed by atoms with Crippen LogP contribution in [0.1, 0.15) is 44.3 Å². The third-order valence-electron chi connectivity index (χ3n) is 3.72. The van der Waals surface area contributed by atoms with Crippen molar-refractivity contribution in [3.63, 3.8) is 0 Å². The van der Waals surface area contributed by atoms with Crippen molar-refractivity contribution < 1.29 is 5.11 Å². The summed E-state index contributed by atoms with van der Waals surface area (Å²) in [5.74, 6) is 0.789. The highest BCUT2D eigenvalue weighted by atomic mass is 35.5. The first-order chi connectivity index (χ1) is 10.2. The molecule has 0 bridgehead atoms. The van der Waals surface area contributed by atoms with E-state index in [9.17, 15) is 5.11 Å². The lowest BCUT2D eigenvalue weighted by Gasteiger charge is -2.17. The normalized spacial score (nSPS) is 17.8. The highest BCUT2D eigenvalue weighted by Crippen LogP contribution is 2.18. The van der Waals surface area contributed by atoms with Crippen LogP contribution in [-0.2, 0) is 0 Å². The van der Waals surface area contributed by atoms with Gasteiger partial charge in [-0.1, -0.05) is 36.6 Å². The van der Waals surface area contributed by atoms with E-state index in [1.807, 2.05) is 19.1 Å². The number of nitrogens with one attached hydrogen (secondary N) is 2. The van der Waals surface area contributed by atoms with E-state index in [0.29, 0.717) is 17.6 Å². The summed E-state index contributed by atoms with van der Waals surface area (Å²) in [5.41, 5.74) is 0.833. The molecule has 4 nitrogen and oxygen atoms in total. The van der Waals surface area contributed by atoms with Crippen molar-refractivity contribution in [2.45, 2.75) is 44.8 Å². The molecule has 3 N–H and O–H groups in total. The maximum Gasteiger partial charge on any atom is 0.191 e. The number of nitrogens with zero attached hydrogens (tertiary/aromatic N) is 1. The van der Waals surface area contributed by atoms with Crippen LogP contribution in [0.25, 0.3) is 0 Å². The molecule has 0 aromatic heterocycles. The number of aliphatic hydroxyl groups excluding tert-OH is 1. The summed E-state index contributed by atoms with van der Waals surface area (Å²) in [4.78, 5) is 4.49. The van der Waals surface area contributed by atoms with Crippen molar-refractivity contribution in [1.29, 1.82) is 0 Å². The van der Waals surface area contributed by atoms with E-state index in [1.54, 1.807) is 12.1 Å². The van der Waals surface area contributed by atoms with Gasteiger partial charge in [-0.2, -0.15) is 0 Å². The third kappa shape index (κ3) is 5.21. The predicted octanol–water partition coefficient (Wildman–Crippen LogP) is 2.87. The smallest absolute Gasteiger partial charge is 0.191 e. The SMILES string of the molecule is CCNC(=NCC(O)c1ccc(Cl)cc1)NC1CCCC1. The van der Waals surface area contributed by atoms with Gasteiger partial charge in [-0.15, -0.1) is 0 Å². The summed E-state index contributed by atoms with van der Waals surface area (Å²) in [6, 6.07) is 7.74. The second kappa shape index (κ2) is 8.25. The Kier molecular flexibility index (Phi) is 6.33. The van der Waals surface area contributed by atoms with Gasteiger partial charge in [-0.3, -0.25) is 4.99 Å². The third-order valence-corrected chi connectivity index (χ3v) is 3.97. The molecule has 0 amide bonds. The molecule has 0 aliphatic heterocycles. The highest BCUT2D eigenvalue weighted by Gasteiger charge is 2.16. The highest BCUT2D eigenvalue weighted by molar-refractivity contribution is 6.30. The molecule has 1 atom stereocenters. The molecule has 5 heteroatoms. The van der Waals surface area contributed by atoms with Crippen LogP contribution in [0.4, 0.5) is 0 Å². The molecule has 0 spiro atoms. The van der Waals surface area contributed by atoms with Crippen LogP contribution >= 0.6 is 11.6 Å². The van der Waals surface area contributed by atoms with Crippen molar-refractivity contribution in [2.75, 3.05) is 13.1 Å². The van der Waals surface area contributed by atoms with Crippen molar-refractivity contribution in [2.24, 2.45) is 4.99 Å². The van der Waals surface area contributed by atoms with Gasteiger partial charge in [0.15, 0.2) is 5.96 Å². The van der Waals surface area contributed by atoms with E-state index >= 15 is 0 Å². The molecule has 116 valence electrons. The van der Waals surface area contributed by atoms with Crippen LogP contribution in [0.15, 0.2) is 29.3 Å². The van der Waals surface area contributed by atoms with Gasteiger partial charge in [-0.05, 0) is 37.5 Å². The largest absolute Gasteiger partial charge is 0.386 e. The average Bonchev–Trinajstić information content (AvgIpc) is 2.98. The van der Waals surface area contributed by atoms with Crippen LogP contribution in [0.3, 0.4) is 0 Å². The summed E-state index contributed by atoms with van der Waals surface area (Å²) in [6.45, 7) is 3.20. The topological polar surface area (TPSA) is 56.7 Å². The summed E-state index contributed by atoms with van der Waals surface area (Å²) in [7, 11) is 0. The van der Waals surface area contributed by atoms with Crippen LogP contribution in [0.2, 0.25) is 5.02 Å². The minimum Gasteiger partial charge on any atom is -0.386 e. The fraction of sp³-hybridized carbons (Fsp3) is 0.562. The van der Waals surface area contributed by atoms with Gasteiger partial charge in [0.1, 0.15) is 0 Å². The molecule has 1 aliphatic rings. The first-order valence-electron chi connectivity index (χ1n) is 7.67. The van der Waals surface area contributed by atoms with E-state index in [4.69, 9.17) is 11.6 Å². The monoisotopic (exact) mass is 309 g/mol. The number of aliphatic imine (C=N–C) groups is 1. The first-order valence-corrected chi connectivity index (χ1v) is 8.05. The summed E-state index contributed by atoms with van der Waals surface area (Å²) < 4.78 is 0. The summed E-state index contributed by atoms with van der Waals surface area (Å²) in [6.07, 6.45) is 4.35. The number of rotatable bonds is 5. The minimum absolute atomic E-state index is 0.337. The molecule has 1 aromatic carbocycles. The second-order valence-corrected chi connectivity index (χ2v) is 5.85. The fourth-order valence-electron chi connectivity index (χ4n) is 2.55. The lowest BCUT2D eigenvalue weighted by Crippen LogP contribution is -2.42. The molecule has 1 fully saturated rings. The average molecular weight is 310 g/mol. The van der Waals surface area contributed by atoms with Crippen LogP contribution in [-0.4, -0.2) is 30.2 Å². The van der Waals surface area contributed by atoms with Crippen LogP contribution in [0, 0.1) is 0 Å². The van der Waals surface area contributed by atoms with Gasteiger partial charge >= 0.3 is 0 Å². The quantitative estimate of drug-likeness (QED) is 0.579. The summed E-state index contributed by atoms with van der Waals surface area (Å²) >= 11 is 5.85. The molecule has 1 unspecified atom stereocenters. The van der Waals surface area contributed by atoms with Crippen LogP contribution < -0.4 is 10.6 Å². The molecule has 1 aromatic rings. The minimum atomic E-state index is -0.610. The molecule has 0 heterocycles. The molecular formula is C16H24ClN3O. The van der Waals surface area contributed by atoms with Gasteiger partial charge in [0.05, 0.1) is 12.6 Å². The van der Waals surface area contributed by atoms with Gasteiger partial charge in [-0.25, -0.2) is 0 Å². The molecule has 1 aliphatic carbocycles. The maximum absolute atomic E-state index is 10.2. The molecule has 0 saturated heterocycles. The number of guanidine groups is 1. The zero-order chi connectivity index (χ0) is 15.1. The zero-order valence-corrected chi connectivity index (χ0v) is 13.2. The number of aliphatic hydroxyl groups is 1. The molecule has 1 saturated carbocycles. The Morgan fingerprint density at radius 1 is 1.33 bits per heavy atom. The molecular weight excluding hydrogens is 286 g/mol. The summed E-state index contributed by atoms with van der Waals surface area (Å²) in [5, 5.41) is 17.5. The zero-order valence-electron chi connectivity index (χ0n) is 12.5. The molecule has 0 radical (unpaired) electrons. The fourth-order valence-corrected chi connectivity index (χ4v) is 2.68. The number of hydrogen-bond acceptors (Lipinski definition) is 2. The lowest BCUT2D eigenvalue weighted by atomic mass is 10.1. The number of halogens is 1. The van der Waals surface area contributed by atoms with E-state index in [2.05, 4.69) is 15.6 Å². The Bertz CT molecular complexity index is 455. The lowest BCUT2D eigenvalue weighted by molar-refractivity contribution is 0.187. The van der Waals surface area contributed by atoms with E-state index in [0.717, 1.165) is 18.1 Å².